The Hall–Kier alpha value is -1.40. The van der Waals surface area contributed by atoms with Gasteiger partial charge in [0.1, 0.15) is 5.82 Å². The Morgan fingerprint density at radius 3 is 2.71 bits per heavy atom. The van der Waals surface area contributed by atoms with Crippen molar-refractivity contribution in [2.24, 2.45) is 0 Å². The molecule has 0 aliphatic heterocycles. The quantitative estimate of drug-likeness (QED) is 0.627. The molecule has 2 N–H and O–H groups in total. The van der Waals surface area contributed by atoms with Gasteiger partial charge in [-0.25, -0.2) is 4.98 Å². The lowest BCUT2D eigenvalue weighted by Gasteiger charge is -2.07. The van der Waals surface area contributed by atoms with Gasteiger partial charge in [-0.05, 0) is 12.5 Å². The summed E-state index contributed by atoms with van der Waals surface area (Å²) in [6, 6.07) is 1.83. The van der Waals surface area contributed by atoms with Gasteiger partial charge < -0.3 is 20.1 Å². The van der Waals surface area contributed by atoms with Gasteiger partial charge in [0.05, 0.1) is 6.61 Å². The van der Waals surface area contributed by atoms with Crippen molar-refractivity contribution in [2.75, 3.05) is 51.2 Å². The fourth-order valence-corrected chi connectivity index (χ4v) is 1.24. The highest BCUT2D eigenvalue weighted by molar-refractivity contribution is 5.39. The molecule has 0 amide bonds. The molecule has 0 unspecified atom stereocenters. The van der Waals surface area contributed by atoms with E-state index in [4.69, 9.17) is 9.47 Å². The lowest BCUT2D eigenvalue weighted by Crippen LogP contribution is -2.11. The summed E-state index contributed by atoms with van der Waals surface area (Å²) in [6.45, 7) is 2.92. The summed E-state index contributed by atoms with van der Waals surface area (Å²) in [5.41, 5.74) is 0. The largest absolute Gasteiger partial charge is 0.385 e. The van der Waals surface area contributed by atoms with E-state index in [0.717, 1.165) is 31.9 Å². The van der Waals surface area contributed by atoms with Crippen molar-refractivity contribution in [3.63, 3.8) is 0 Å². The average molecular weight is 240 g/mol. The molecule has 0 spiro atoms. The minimum atomic E-state index is 0.628. The number of aromatic nitrogens is 2. The van der Waals surface area contributed by atoms with E-state index >= 15 is 0 Å². The fourth-order valence-electron chi connectivity index (χ4n) is 1.24. The van der Waals surface area contributed by atoms with Crippen LogP contribution in [0, 0.1) is 0 Å². The fraction of sp³-hybridized carbons (Fsp3) is 0.636. The first kappa shape index (κ1) is 13.7. The first-order chi connectivity index (χ1) is 8.36. The zero-order chi connectivity index (χ0) is 12.3. The number of nitrogens with zero attached hydrogens (tertiary/aromatic N) is 2. The molecule has 0 bridgehead atoms. The summed E-state index contributed by atoms with van der Waals surface area (Å²) < 4.78 is 9.91. The molecule has 0 fully saturated rings. The third-order valence-corrected chi connectivity index (χ3v) is 2.08. The minimum Gasteiger partial charge on any atom is -0.385 e. The Kier molecular flexibility index (Phi) is 7.01. The number of hydrogen-bond acceptors (Lipinski definition) is 6. The summed E-state index contributed by atoms with van der Waals surface area (Å²) in [6.07, 6.45) is 2.65. The molecular formula is C11H20N4O2. The zero-order valence-corrected chi connectivity index (χ0v) is 10.4. The molecule has 0 aromatic carbocycles. The Morgan fingerprint density at radius 1 is 1.12 bits per heavy atom. The Morgan fingerprint density at radius 2 is 1.94 bits per heavy atom. The van der Waals surface area contributed by atoms with Crippen LogP contribution >= 0.6 is 0 Å². The number of ether oxygens (including phenoxy) is 2. The van der Waals surface area contributed by atoms with Gasteiger partial charge in [0.15, 0.2) is 0 Å². The maximum absolute atomic E-state index is 4.96. The van der Waals surface area contributed by atoms with E-state index in [-0.39, 0.29) is 0 Å². The van der Waals surface area contributed by atoms with E-state index in [9.17, 15) is 0 Å². The maximum Gasteiger partial charge on any atom is 0.224 e. The van der Waals surface area contributed by atoms with Crippen LogP contribution < -0.4 is 10.6 Å². The van der Waals surface area contributed by atoms with Crippen molar-refractivity contribution in [2.45, 2.75) is 6.42 Å². The summed E-state index contributed by atoms with van der Waals surface area (Å²) in [5, 5.41) is 6.28. The first-order valence-corrected chi connectivity index (χ1v) is 5.65. The molecule has 6 nitrogen and oxygen atoms in total. The molecule has 1 aromatic heterocycles. The van der Waals surface area contributed by atoms with Crippen molar-refractivity contribution >= 4 is 11.8 Å². The minimum absolute atomic E-state index is 0.628. The van der Waals surface area contributed by atoms with E-state index in [2.05, 4.69) is 20.6 Å². The number of nitrogens with one attached hydrogen (secondary N) is 2. The van der Waals surface area contributed by atoms with E-state index in [1.807, 2.05) is 6.07 Å². The molecule has 96 valence electrons. The highest BCUT2D eigenvalue weighted by Gasteiger charge is 1.97. The normalized spacial score (nSPS) is 10.2. The van der Waals surface area contributed by atoms with Crippen molar-refractivity contribution < 1.29 is 9.47 Å². The van der Waals surface area contributed by atoms with Crippen molar-refractivity contribution in [1.82, 2.24) is 9.97 Å². The molecule has 0 atom stereocenters. The third kappa shape index (κ3) is 6.03. The summed E-state index contributed by atoms with van der Waals surface area (Å²) in [4.78, 5) is 8.44. The average Bonchev–Trinajstić information content (AvgIpc) is 2.36. The predicted molar refractivity (Wildman–Crippen MR) is 67.4 cm³/mol. The van der Waals surface area contributed by atoms with Gasteiger partial charge in [0, 0.05) is 40.1 Å². The first-order valence-electron chi connectivity index (χ1n) is 5.65. The standard InChI is InChI=1S/C11H20N4O2/c1-16-8-3-5-13-11-14-6-4-10(15-11)12-7-9-17-2/h4,6H,3,5,7-9H2,1-2H3,(H2,12,13,14,15). The van der Waals surface area contributed by atoms with Crippen molar-refractivity contribution in [1.29, 1.82) is 0 Å². The molecule has 0 aliphatic rings. The van der Waals surface area contributed by atoms with Gasteiger partial charge in [0.2, 0.25) is 5.95 Å². The highest BCUT2D eigenvalue weighted by atomic mass is 16.5. The number of methoxy groups -OCH3 is 2. The van der Waals surface area contributed by atoms with Crippen LogP contribution in [0.3, 0.4) is 0 Å². The van der Waals surface area contributed by atoms with Crippen LogP contribution in [-0.4, -0.2) is 50.5 Å². The smallest absolute Gasteiger partial charge is 0.224 e. The number of anilines is 2. The van der Waals surface area contributed by atoms with Crippen LogP contribution in [0.15, 0.2) is 12.3 Å². The summed E-state index contributed by atoms with van der Waals surface area (Å²) in [7, 11) is 3.36. The van der Waals surface area contributed by atoms with Crippen LogP contribution in [0.1, 0.15) is 6.42 Å². The second-order valence-electron chi connectivity index (χ2n) is 3.46. The molecule has 6 heteroatoms. The van der Waals surface area contributed by atoms with Crippen LogP contribution in [-0.2, 0) is 9.47 Å². The molecule has 1 rings (SSSR count). The number of rotatable bonds is 9. The highest BCUT2D eigenvalue weighted by Crippen LogP contribution is 2.04. The summed E-state index contributed by atoms with van der Waals surface area (Å²) >= 11 is 0. The second kappa shape index (κ2) is 8.72. The van der Waals surface area contributed by atoms with Crippen LogP contribution in [0.5, 0.6) is 0 Å². The van der Waals surface area contributed by atoms with E-state index in [1.54, 1.807) is 20.4 Å². The summed E-state index contributed by atoms with van der Waals surface area (Å²) in [5.74, 6) is 1.43. The maximum atomic E-state index is 4.96. The molecule has 0 aliphatic carbocycles. The Bertz CT molecular complexity index is 309. The second-order valence-corrected chi connectivity index (χ2v) is 3.46. The van der Waals surface area contributed by atoms with Gasteiger partial charge in [-0.3, -0.25) is 0 Å². The van der Waals surface area contributed by atoms with Gasteiger partial charge in [-0.1, -0.05) is 0 Å². The van der Waals surface area contributed by atoms with Gasteiger partial charge in [-0.15, -0.1) is 0 Å². The lowest BCUT2D eigenvalue weighted by atomic mass is 10.4. The zero-order valence-electron chi connectivity index (χ0n) is 10.4. The molecule has 0 radical (unpaired) electrons. The molecule has 17 heavy (non-hydrogen) atoms. The van der Waals surface area contributed by atoms with E-state index in [1.165, 1.54) is 0 Å². The van der Waals surface area contributed by atoms with E-state index < -0.39 is 0 Å². The molecule has 0 saturated carbocycles. The molecular weight excluding hydrogens is 220 g/mol. The van der Waals surface area contributed by atoms with Gasteiger partial charge >= 0.3 is 0 Å². The SMILES string of the molecule is COCCCNc1nccc(NCCOC)n1. The lowest BCUT2D eigenvalue weighted by molar-refractivity contribution is 0.197. The molecule has 1 heterocycles. The van der Waals surface area contributed by atoms with Crippen LogP contribution in [0.2, 0.25) is 0 Å². The van der Waals surface area contributed by atoms with Crippen LogP contribution in [0.25, 0.3) is 0 Å². The number of hydrogen-bond donors (Lipinski definition) is 2. The van der Waals surface area contributed by atoms with Crippen LogP contribution in [0.4, 0.5) is 11.8 Å². The molecule has 0 saturated heterocycles. The van der Waals surface area contributed by atoms with Gasteiger partial charge in [0.25, 0.3) is 0 Å². The van der Waals surface area contributed by atoms with Crippen molar-refractivity contribution in [3.8, 4) is 0 Å². The Balaban J connectivity index is 2.31. The predicted octanol–water partition coefficient (Wildman–Crippen LogP) is 0.983. The third-order valence-electron chi connectivity index (χ3n) is 2.08. The van der Waals surface area contributed by atoms with Crippen molar-refractivity contribution in [3.05, 3.63) is 12.3 Å². The topological polar surface area (TPSA) is 68.3 Å². The molecule has 1 aromatic rings. The van der Waals surface area contributed by atoms with Gasteiger partial charge in [-0.2, -0.15) is 4.98 Å². The Labute approximate surface area is 102 Å². The van der Waals surface area contributed by atoms with E-state index in [0.29, 0.717) is 12.6 Å². The monoisotopic (exact) mass is 240 g/mol.